The third-order valence-corrected chi connectivity index (χ3v) is 4.10. The highest BCUT2D eigenvalue weighted by Gasteiger charge is 1.95. The number of nitrogens with one attached hydrogen (secondary N) is 1. The second-order valence-electron chi connectivity index (χ2n) is 7.99. The molecule has 0 aromatic rings. The maximum absolute atomic E-state index is 3.61. The number of allylic oxidation sites excluding steroid dienone is 10. The van der Waals surface area contributed by atoms with E-state index in [1.165, 1.54) is 11.1 Å². The van der Waals surface area contributed by atoms with Gasteiger partial charge < -0.3 is 15.1 Å². The van der Waals surface area contributed by atoms with Crippen molar-refractivity contribution >= 4 is 0 Å². The Labute approximate surface area is 214 Å². The number of hydrogen-bond donors (Lipinski definition) is 1. The zero-order valence-electron chi connectivity index (χ0n) is 24.2. The monoisotopic (exact) mass is 469 g/mol. The summed E-state index contributed by atoms with van der Waals surface area (Å²) in [5.41, 5.74) is 2.76. The van der Waals surface area contributed by atoms with Gasteiger partial charge in [-0.05, 0) is 56.3 Å². The quantitative estimate of drug-likeness (QED) is 0.305. The van der Waals surface area contributed by atoms with Crippen LogP contribution in [0, 0.1) is 11.8 Å². The van der Waals surface area contributed by atoms with Crippen molar-refractivity contribution in [3.63, 3.8) is 0 Å². The van der Waals surface area contributed by atoms with Crippen LogP contribution in [0.2, 0.25) is 0 Å². The molecule has 0 heterocycles. The van der Waals surface area contributed by atoms with Crippen molar-refractivity contribution in [3.05, 3.63) is 110 Å². The molecule has 0 amide bonds. The average Bonchev–Trinajstić information content (AvgIpc) is 2.80. The van der Waals surface area contributed by atoms with Gasteiger partial charge in [-0.25, -0.2) is 0 Å². The normalized spacial score (nSPS) is 11.6. The first-order chi connectivity index (χ1) is 16.0. The first kappa shape index (κ1) is 38.3. The van der Waals surface area contributed by atoms with Crippen molar-refractivity contribution in [1.82, 2.24) is 15.1 Å². The fraction of sp³-hybridized carbons (Fsp3) is 0.419. The fourth-order valence-corrected chi connectivity index (χ4v) is 1.59. The molecule has 0 saturated carbocycles. The molecule has 1 N–H and O–H groups in total. The molecular formula is C31H55N3. The van der Waals surface area contributed by atoms with E-state index in [-0.39, 0.29) is 0 Å². The van der Waals surface area contributed by atoms with Crippen LogP contribution >= 0.6 is 0 Å². The van der Waals surface area contributed by atoms with Crippen molar-refractivity contribution in [2.24, 2.45) is 11.8 Å². The van der Waals surface area contributed by atoms with Gasteiger partial charge in [-0.15, -0.1) is 0 Å². The van der Waals surface area contributed by atoms with Crippen LogP contribution in [0.1, 0.15) is 55.4 Å². The molecule has 3 nitrogen and oxygen atoms in total. The van der Waals surface area contributed by atoms with E-state index in [0.717, 1.165) is 0 Å². The van der Waals surface area contributed by atoms with Gasteiger partial charge in [-0.2, -0.15) is 0 Å². The van der Waals surface area contributed by atoms with E-state index < -0.39 is 0 Å². The lowest BCUT2D eigenvalue weighted by atomic mass is 10.1. The molecule has 0 aliphatic carbocycles. The largest absolute Gasteiger partial charge is 0.383 e. The van der Waals surface area contributed by atoms with Crippen molar-refractivity contribution < 1.29 is 0 Å². The molecule has 0 aliphatic rings. The summed E-state index contributed by atoms with van der Waals surface area (Å²) < 4.78 is 0. The summed E-state index contributed by atoms with van der Waals surface area (Å²) in [6.45, 7) is 27.7. The number of rotatable bonds is 11. The zero-order valence-corrected chi connectivity index (χ0v) is 24.2. The van der Waals surface area contributed by atoms with Crippen LogP contribution in [0.4, 0.5) is 0 Å². The molecule has 0 aliphatic heterocycles. The van der Waals surface area contributed by atoms with Gasteiger partial charge in [0, 0.05) is 39.7 Å². The maximum Gasteiger partial charge on any atom is 0.0106 e. The molecule has 0 spiro atoms. The first-order valence-electron chi connectivity index (χ1n) is 12.0. The fourth-order valence-electron chi connectivity index (χ4n) is 1.59. The minimum Gasteiger partial charge on any atom is -0.383 e. The molecule has 34 heavy (non-hydrogen) atoms. The average molecular weight is 470 g/mol. The lowest BCUT2D eigenvalue weighted by Crippen LogP contribution is -2.03. The SMILES string of the molecule is C=C/C=C\C=C/N(C)C.C=C/C=C\N(C)/C=C(\C)C(C)C.C=CN/C=C\C=C(/C)C(C)C.CC. The molecule has 194 valence electrons. The molecule has 3 heteroatoms. The van der Waals surface area contributed by atoms with Gasteiger partial charge in [-0.3, -0.25) is 0 Å². The summed E-state index contributed by atoms with van der Waals surface area (Å²) >= 11 is 0. The summed E-state index contributed by atoms with van der Waals surface area (Å²) in [6, 6.07) is 0. The predicted molar refractivity (Wildman–Crippen MR) is 160 cm³/mol. The van der Waals surface area contributed by atoms with E-state index in [1.54, 1.807) is 18.4 Å². The predicted octanol–water partition coefficient (Wildman–Crippen LogP) is 8.84. The van der Waals surface area contributed by atoms with Gasteiger partial charge in [0.15, 0.2) is 0 Å². The standard InChI is InChI=1S/C11H19N.C10H17N.C8H13N.C2H6/c1-6-7-8-12(5)9-11(4)10(2)3;1-5-11-8-6-7-10(4)9(2)3;1-4-5-6-7-8-9(2)3;1-2/h6-10H,1H2,2-5H3;5-9,11H,1H2,2-4H3;4-8H,1H2,2-3H3;1-2H3/b8-7-,11-9+;8-6-,10-7+;6-5-,8-7-;. The highest BCUT2D eigenvalue weighted by molar-refractivity contribution is 5.12. The van der Waals surface area contributed by atoms with E-state index in [9.17, 15) is 0 Å². The van der Waals surface area contributed by atoms with Gasteiger partial charge in [0.2, 0.25) is 0 Å². The minimum atomic E-state index is 0.615. The van der Waals surface area contributed by atoms with Gasteiger partial charge in [0.1, 0.15) is 0 Å². The summed E-state index contributed by atoms with van der Waals surface area (Å²) in [5.74, 6) is 1.24. The Kier molecular flexibility index (Phi) is 33.9. The van der Waals surface area contributed by atoms with Gasteiger partial charge in [0.25, 0.3) is 0 Å². The lowest BCUT2D eigenvalue weighted by molar-refractivity contribution is 0.564. The first-order valence-corrected chi connectivity index (χ1v) is 12.0. The molecular weight excluding hydrogens is 414 g/mol. The Hall–Kier alpha value is -2.94. The van der Waals surface area contributed by atoms with Crippen LogP contribution in [0.25, 0.3) is 0 Å². The van der Waals surface area contributed by atoms with Crippen LogP contribution in [0.5, 0.6) is 0 Å². The Morgan fingerprint density at radius 2 is 1.24 bits per heavy atom. The summed E-state index contributed by atoms with van der Waals surface area (Å²) in [7, 11) is 5.99. The molecule has 0 rings (SSSR count). The highest BCUT2D eigenvalue weighted by atomic mass is 15.0. The van der Waals surface area contributed by atoms with Crippen LogP contribution < -0.4 is 5.32 Å². The molecule has 0 radical (unpaired) electrons. The smallest absolute Gasteiger partial charge is 0.0106 e. The molecule has 0 aromatic carbocycles. The van der Waals surface area contributed by atoms with E-state index in [4.69, 9.17) is 0 Å². The number of hydrogen-bond acceptors (Lipinski definition) is 3. The van der Waals surface area contributed by atoms with Crippen molar-refractivity contribution in [1.29, 1.82) is 0 Å². The van der Waals surface area contributed by atoms with E-state index in [2.05, 4.69) is 78.9 Å². The topological polar surface area (TPSA) is 18.5 Å². The highest BCUT2D eigenvalue weighted by Crippen LogP contribution is 2.08. The van der Waals surface area contributed by atoms with Gasteiger partial charge >= 0.3 is 0 Å². The van der Waals surface area contributed by atoms with E-state index in [0.29, 0.717) is 11.8 Å². The summed E-state index contributed by atoms with van der Waals surface area (Å²) in [6.07, 6.45) is 24.9. The second kappa shape index (κ2) is 30.1. The van der Waals surface area contributed by atoms with Gasteiger partial charge in [0.05, 0.1) is 0 Å². The van der Waals surface area contributed by atoms with E-state index >= 15 is 0 Å². The number of nitrogens with zero attached hydrogens (tertiary/aromatic N) is 2. The summed E-state index contributed by atoms with van der Waals surface area (Å²) in [5, 5.41) is 2.88. The Bertz CT molecular complexity index is 654. The molecule has 0 aromatic heterocycles. The lowest BCUT2D eigenvalue weighted by Gasteiger charge is -2.11. The third kappa shape index (κ3) is 36.4. The van der Waals surface area contributed by atoms with Crippen molar-refractivity contribution in [2.75, 3.05) is 21.1 Å². The van der Waals surface area contributed by atoms with Crippen molar-refractivity contribution in [3.8, 4) is 0 Å². The molecule has 0 saturated heterocycles. The maximum atomic E-state index is 3.61. The minimum absolute atomic E-state index is 0.615. The molecule has 0 fully saturated rings. The summed E-state index contributed by atoms with van der Waals surface area (Å²) in [4.78, 5) is 4.02. The second-order valence-corrected chi connectivity index (χ2v) is 7.99. The van der Waals surface area contributed by atoms with E-state index in [1.807, 2.05) is 93.8 Å². The van der Waals surface area contributed by atoms with Crippen LogP contribution in [-0.2, 0) is 0 Å². The third-order valence-electron chi connectivity index (χ3n) is 4.10. The molecule has 0 atom stereocenters. The molecule has 0 bridgehead atoms. The van der Waals surface area contributed by atoms with Crippen LogP contribution in [-0.4, -0.2) is 30.9 Å². The van der Waals surface area contributed by atoms with Crippen molar-refractivity contribution in [2.45, 2.75) is 55.4 Å². The Morgan fingerprint density at radius 3 is 1.65 bits per heavy atom. The zero-order chi connectivity index (χ0) is 27.4. The molecule has 0 unspecified atom stereocenters. The van der Waals surface area contributed by atoms with Crippen LogP contribution in [0.15, 0.2) is 110 Å². The Balaban J connectivity index is -0.000000193. The Morgan fingerprint density at radius 1 is 0.706 bits per heavy atom. The van der Waals surface area contributed by atoms with Gasteiger partial charge in [-0.1, -0.05) is 103 Å². The van der Waals surface area contributed by atoms with Crippen LogP contribution in [0.3, 0.4) is 0 Å².